The van der Waals surface area contributed by atoms with Gasteiger partial charge >= 0.3 is 40.0 Å². The molecular formula is C11H17NaO4S. The minimum Gasteiger partial charge on any atom is -1.00 e. The maximum atomic E-state index is 11.2. The molecule has 0 aliphatic rings. The molecule has 0 N–H and O–H groups in total. The zero-order valence-electron chi connectivity index (χ0n) is 11.3. The molecule has 1 aromatic carbocycles. The maximum absolute atomic E-state index is 11.2. The van der Waals surface area contributed by atoms with E-state index < -0.39 is 10.4 Å². The van der Waals surface area contributed by atoms with Crippen LogP contribution in [0.4, 0.5) is 0 Å². The van der Waals surface area contributed by atoms with Crippen molar-refractivity contribution in [2.45, 2.75) is 26.4 Å². The van der Waals surface area contributed by atoms with Crippen LogP contribution in [0.5, 0.6) is 0 Å². The van der Waals surface area contributed by atoms with Crippen molar-refractivity contribution >= 4 is 10.4 Å². The molecule has 6 heteroatoms. The van der Waals surface area contributed by atoms with E-state index in [1.807, 2.05) is 25.1 Å². The first-order valence-corrected chi connectivity index (χ1v) is 6.55. The van der Waals surface area contributed by atoms with Gasteiger partial charge in [0, 0.05) is 0 Å². The van der Waals surface area contributed by atoms with Crippen LogP contribution < -0.4 is 29.6 Å². The Bertz CT molecular complexity index is 397. The summed E-state index contributed by atoms with van der Waals surface area (Å²) in [5.41, 5.74) is 0.796. The Morgan fingerprint density at radius 1 is 1.18 bits per heavy atom. The van der Waals surface area contributed by atoms with Gasteiger partial charge in [-0.2, -0.15) is 8.42 Å². The van der Waals surface area contributed by atoms with Crippen molar-refractivity contribution in [3.8, 4) is 0 Å². The van der Waals surface area contributed by atoms with Gasteiger partial charge in [0.15, 0.2) is 0 Å². The molecule has 1 aromatic rings. The molecule has 0 bridgehead atoms. The number of benzene rings is 1. The first kappa shape index (κ1) is 17.1. The number of hydrogen-bond acceptors (Lipinski definition) is 4. The molecule has 1 rings (SSSR count). The molecule has 0 heterocycles. The predicted octanol–water partition coefficient (Wildman–Crippen LogP) is -0.619. The molecule has 0 saturated carbocycles. The van der Waals surface area contributed by atoms with Crippen molar-refractivity contribution in [1.29, 1.82) is 0 Å². The van der Waals surface area contributed by atoms with Gasteiger partial charge < -0.3 is 1.43 Å². The average molecular weight is 268 g/mol. The third-order valence-corrected chi connectivity index (χ3v) is 2.80. The molecule has 0 aromatic heterocycles. The minimum absolute atomic E-state index is 0. The second kappa shape index (κ2) is 9.08. The Hall–Kier alpha value is 0.0900. The topological polar surface area (TPSA) is 52.6 Å². The molecule has 0 fully saturated rings. The zero-order valence-corrected chi connectivity index (χ0v) is 13.1. The normalized spacial score (nSPS) is 10.9. The van der Waals surface area contributed by atoms with Crippen molar-refractivity contribution in [3.05, 3.63) is 35.9 Å². The molecule has 0 radical (unpaired) electrons. The summed E-state index contributed by atoms with van der Waals surface area (Å²) in [6.07, 6.45) is 1.59. The van der Waals surface area contributed by atoms with Crippen molar-refractivity contribution in [3.63, 3.8) is 0 Å². The predicted molar refractivity (Wildman–Crippen MR) is 62.1 cm³/mol. The number of rotatable bonds is 7. The Morgan fingerprint density at radius 2 is 1.82 bits per heavy atom. The van der Waals surface area contributed by atoms with Crippen molar-refractivity contribution in [2.24, 2.45) is 0 Å². The van der Waals surface area contributed by atoms with Crippen LogP contribution in [0.15, 0.2) is 30.3 Å². The van der Waals surface area contributed by atoms with Gasteiger partial charge in [-0.1, -0.05) is 43.7 Å². The monoisotopic (exact) mass is 268 g/mol. The number of hydrogen-bond donors (Lipinski definition) is 0. The minimum atomic E-state index is -3.85. The second-order valence-corrected chi connectivity index (χ2v) is 4.62. The van der Waals surface area contributed by atoms with Gasteiger partial charge in [0.1, 0.15) is 0 Å². The van der Waals surface area contributed by atoms with Crippen LogP contribution in [0.2, 0.25) is 0 Å². The van der Waals surface area contributed by atoms with Crippen molar-refractivity contribution < 1.29 is 47.8 Å². The third-order valence-electron chi connectivity index (χ3n) is 1.94. The molecule has 0 saturated heterocycles. The van der Waals surface area contributed by atoms with Gasteiger partial charge in [-0.3, -0.25) is 0 Å². The first-order valence-electron chi connectivity index (χ1n) is 5.22. The summed E-state index contributed by atoms with van der Waals surface area (Å²) in [5, 5.41) is 0. The molecule has 0 spiro atoms. The van der Waals surface area contributed by atoms with Gasteiger partial charge in [-0.25, -0.2) is 8.37 Å². The van der Waals surface area contributed by atoms with Crippen LogP contribution in [-0.4, -0.2) is 15.0 Å². The second-order valence-electron chi connectivity index (χ2n) is 3.33. The smallest absolute Gasteiger partial charge is 1.00 e. The summed E-state index contributed by atoms with van der Waals surface area (Å²) >= 11 is 0. The van der Waals surface area contributed by atoms with E-state index in [1.54, 1.807) is 12.1 Å². The Labute approximate surface area is 126 Å². The van der Waals surface area contributed by atoms with Crippen molar-refractivity contribution in [1.82, 2.24) is 0 Å². The largest absolute Gasteiger partial charge is 1.00 e. The molecule has 0 amide bonds. The van der Waals surface area contributed by atoms with Crippen LogP contribution in [-0.2, 0) is 25.4 Å². The summed E-state index contributed by atoms with van der Waals surface area (Å²) in [5.74, 6) is 0. The fourth-order valence-corrected chi connectivity index (χ4v) is 1.72. The van der Waals surface area contributed by atoms with Crippen LogP contribution >= 0.6 is 0 Å². The molecule has 92 valence electrons. The Kier molecular flexibility index (Phi) is 9.13. The van der Waals surface area contributed by atoms with Crippen LogP contribution in [0.25, 0.3) is 0 Å². The summed E-state index contributed by atoms with van der Waals surface area (Å²) in [7, 11) is -3.85. The van der Waals surface area contributed by atoms with Gasteiger partial charge in [0.25, 0.3) is 0 Å². The number of unbranched alkanes of at least 4 members (excludes halogenated alkanes) is 1. The van der Waals surface area contributed by atoms with E-state index >= 15 is 0 Å². The summed E-state index contributed by atoms with van der Waals surface area (Å²) < 4.78 is 31.8. The molecule has 0 aliphatic carbocycles. The van der Waals surface area contributed by atoms with E-state index in [0.717, 1.165) is 12.0 Å². The SMILES string of the molecule is CCCCOS(=O)(=O)OCc1ccccc1.[H-].[Na+]. The van der Waals surface area contributed by atoms with Crippen LogP contribution in [0, 0.1) is 0 Å². The van der Waals surface area contributed by atoms with E-state index in [0.29, 0.717) is 6.42 Å². The van der Waals surface area contributed by atoms with Gasteiger partial charge in [0.2, 0.25) is 0 Å². The average Bonchev–Trinajstić information content (AvgIpc) is 2.28. The van der Waals surface area contributed by atoms with Gasteiger partial charge in [-0.05, 0) is 12.0 Å². The summed E-state index contributed by atoms with van der Waals surface area (Å²) in [4.78, 5) is 0. The van der Waals surface area contributed by atoms with E-state index in [4.69, 9.17) is 4.18 Å². The van der Waals surface area contributed by atoms with E-state index in [9.17, 15) is 8.42 Å². The van der Waals surface area contributed by atoms with Crippen LogP contribution in [0.3, 0.4) is 0 Å². The quantitative estimate of drug-likeness (QED) is 0.488. The van der Waals surface area contributed by atoms with Gasteiger partial charge in [-0.15, -0.1) is 0 Å². The fourth-order valence-electron chi connectivity index (χ4n) is 1.05. The van der Waals surface area contributed by atoms with E-state index in [-0.39, 0.29) is 44.2 Å². The standard InChI is InChI=1S/C11H16O4S.Na.H/c1-2-3-9-14-16(12,13)15-10-11-7-5-4-6-8-11;;/h4-8H,2-3,9-10H2,1H3;;/q;+1;-1. The fraction of sp³-hybridized carbons (Fsp3) is 0.455. The van der Waals surface area contributed by atoms with Crippen molar-refractivity contribution in [2.75, 3.05) is 6.61 Å². The zero-order chi connectivity index (χ0) is 11.9. The van der Waals surface area contributed by atoms with Crippen LogP contribution in [0.1, 0.15) is 26.8 Å². The summed E-state index contributed by atoms with van der Waals surface area (Å²) in [6, 6.07) is 9.09. The molecule has 4 nitrogen and oxygen atoms in total. The van der Waals surface area contributed by atoms with E-state index in [1.165, 1.54) is 0 Å². The molecule has 0 atom stereocenters. The first-order chi connectivity index (χ1) is 7.64. The van der Waals surface area contributed by atoms with E-state index in [2.05, 4.69) is 4.18 Å². The maximum Gasteiger partial charge on any atom is 1.00 e. The Balaban J connectivity index is 0. The molecule has 0 unspecified atom stereocenters. The Morgan fingerprint density at radius 3 is 2.41 bits per heavy atom. The molecular weight excluding hydrogens is 251 g/mol. The van der Waals surface area contributed by atoms with Gasteiger partial charge in [0.05, 0.1) is 13.2 Å². The molecule has 17 heavy (non-hydrogen) atoms. The summed E-state index contributed by atoms with van der Waals surface area (Å²) in [6.45, 7) is 2.14. The molecule has 0 aliphatic heterocycles. The third kappa shape index (κ3) is 7.91.